The van der Waals surface area contributed by atoms with Crippen LogP contribution in [0.4, 0.5) is 5.69 Å². The molecule has 168 valence electrons. The predicted octanol–water partition coefficient (Wildman–Crippen LogP) is 3.05. The Kier molecular flexibility index (Phi) is 6.99. The van der Waals surface area contributed by atoms with E-state index < -0.39 is 5.25 Å². The fourth-order valence-corrected chi connectivity index (χ4v) is 5.02. The van der Waals surface area contributed by atoms with Crippen LogP contribution >= 0.6 is 11.8 Å². The molecular weight excluding hydrogens is 426 g/mol. The number of fused-ring (bicyclic) bond motifs is 1. The number of amides is 3. The summed E-state index contributed by atoms with van der Waals surface area (Å²) >= 11 is 1.29. The zero-order valence-electron chi connectivity index (χ0n) is 18.0. The minimum Gasteiger partial charge on any atom is -0.494 e. The molecule has 0 saturated carbocycles. The molecule has 2 heterocycles. The van der Waals surface area contributed by atoms with E-state index in [2.05, 4.69) is 10.6 Å². The number of piperidine rings is 1. The van der Waals surface area contributed by atoms with E-state index >= 15 is 0 Å². The number of nitrogens with zero attached hydrogens (tertiary/aromatic N) is 1. The van der Waals surface area contributed by atoms with Gasteiger partial charge in [0.15, 0.2) is 5.25 Å². The van der Waals surface area contributed by atoms with Gasteiger partial charge in [-0.15, -0.1) is 11.8 Å². The van der Waals surface area contributed by atoms with E-state index in [1.54, 1.807) is 4.90 Å². The van der Waals surface area contributed by atoms with Gasteiger partial charge in [0.2, 0.25) is 17.7 Å². The van der Waals surface area contributed by atoms with Crippen LogP contribution in [0.1, 0.15) is 25.3 Å². The molecule has 32 heavy (non-hydrogen) atoms. The molecule has 2 aromatic rings. The van der Waals surface area contributed by atoms with Crippen molar-refractivity contribution >= 4 is 35.2 Å². The first-order chi connectivity index (χ1) is 15.5. The lowest BCUT2D eigenvalue weighted by Gasteiger charge is -2.34. The zero-order chi connectivity index (χ0) is 22.5. The molecule has 3 amide bonds. The molecule has 1 saturated heterocycles. The molecule has 0 spiro atoms. The highest BCUT2D eigenvalue weighted by Crippen LogP contribution is 2.36. The Morgan fingerprint density at radius 1 is 1.12 bits per heavy atom. The fourth-order valence-electron chi connectivity index (χ4n) is 3.95. The molecule has 0 radical (unpaired) electrons. The second-order valence-electron chi connectivity index (χ2n) is 7.88. The molecule has 8 heteroatoms. The van der Waals surface area contributed by atoms with Gasteiger partial charge >= 0.3 is 0 Å². The van der Waals surface area contributed by atoms with Crippen LogP contribution in [0.5, 0.6) is 5.75 Å². The van der Waals surface area contributed by atoms with Crippen LogP contribution < -0.4 is 15.4 Å². The van der Waals surface area contributed by atoms with Gasteiger partial charge in [0.25, 0.3) is 0 Å². The van der Waals surface area contributed by atoms with Crippen LogP contribution in [0, 0.1) is 5.92 Å². The van der Waals surface area contributed by atoms with E-state index in [-0.39, 0.29) is 23.6 Å². The number of thioether (sulfide) groups is 1. The number of hydrogen-bond donors (Lipinski definition) is 2. The minimum absolute atomic E-state index is 0.00435. The van der Waals surface area contributed by atoms with Crippen molar-refractivity contribution in [3.8, 4) is 5.75 Å². The molecule has 1 unspecified atom stereocenters. The summed E-state index contributed by atoms with van der Waals surface area (Å²) in [5, 5.41) is 5.03. The number of hydrogen-bond acceptors (Lipinski definition) is 5. The first-order valence-corrected chi connectivity index (χ1v) is 11.8. The number of carbonyl (C=O) groups is 3. The maximum Gasteiger partial charge on any atom is 0.247 e. The van der Waals surface area contributed by atoms with Crippen molar-refractivity contribution in [1.82, 2.24) is 10.2 Å². The topological polar surface area (TPSA) is 87.7 Å². The number of likely N-dealkylation sites (tertiary alicyclic amines) is 1. The first-order valence-electron chi connectivity index (χ1n) is 10.9. The number of anilines is 1. The first kappa shape index (κ1) is 22.2. The Morgan fingerprint density at radius 2 is 1.84 bits per heavy atom. The summed E-state index contributed by atoms with van der Waals surface area (Å²) < 4.78 is 5.43. The Labute approximate surface area is 191 Å². The Bertz CT molecular complexity index is 987. The molecule has 1 fully saturated rings. The summed E-state index contributed by atoms with van der Waals surface area (Å²) in [5.41, 5.74) is 1.75. The van der Waals surface area contributed by atoms with Crippen molar-refractivity contribution in [2.24, 2.45) is 5.92 Å². The Hall–Kier alpha value is -3.00. The van der Waals surface area contributed by atoms with Gasteiger partial charge in [-0.25, -0.2) is 0 Å². The van der Waals surface area contributed by atoms with Gasteiger partial charge in [-0.05, 0) is 49.6 Å². The summed E-state index contributed by atoms with van der Waals surface area (Å²) in [6.07, 6.45) is 1.19. The monoisotopic (exact) mass is 453 g/mol. The highest BCUT2D eigenvalue weighted by molar-refractivity contribution is 8.01. The van der Waals surface area contributed by atoms with Crippen LogP contribution in [0.2, 0.25) is 0 Å². The van der Waals surface area contributed by atoms with Crippen molar-refractivity contribution in [3.63, 3.8) is 0 Å². The molecular formula is C24H27N3O4S. The van der Waals surface area contributed by atoms with Crippen LogP contribution in [0.3, 0.4) is 0 Å². The quantitative estimate of drug-likeness (QED) is 0.657. The Balaban J connectivity index is 1.26. The molecule has 4 rings (SSSR count). The van der Waals surface area contributed by atoms with Gasteiger partial charge in [0.05, 0.1) is 12.3 Å². The van der Waals surface area contributed by atoms with Crippen LogP contribution in [-0.2, 0) is 20.9 Å². The summed E-state index contributed by atoms with van der Waals surface area (Å²) in [7, 11) is 0. The highest BCUT2D eigenvalue weighted by Gasteiger charge is 2.37. The van der Waals surface area contributed by atoms with Gasteiger partial charge in [-0.3, -0.25) is 14.4 Å². The lowest BCUT2D eigenvalue weighted by molar-refractivity contribution is -0.137. The third kappa shape index (κ3) is 5.07. The van der Waals surface area contributed by atoms with Crippen molar-refractivity contribution < 1.29 is 19.1 Å². The van der Waals surface area contributed by atoms with E-state index in [9.17, 15) is 14.4 Å². The number of nitrogens with one attached hydrogen (secondary N) is 2. The molecule has 0 aliphatic carbocycles. The van der Waals surface area contributed by atoms with Crippen molar-refractivity contribution in [2.75, 3.05) is 25.0 Å². The Morgan fingerprint density at radius 3 is 2.56 bits per heavy atom. The van der Waals surface area contributed by atoms with Crippen LogP contribution in [0.15, 0.2) is 53.4 Å². The summed E-state index contributed by atoms with van der Waals surface area (Å²) in [6, 6.07) is 15.2. The van der Waals surface area contributed by atoms with Crippen LogP contribution in [-0.4, -0.2) is 47.6 Å². The molecule has 2 aromatic carbocycles. The average molecular weight is 454 g/mol. The SMILES string of the molecule is CCOc1ccc(CNC(=O)C2CCN(C(=O)C3Sc4ccccc4NC3=O)CC2)cc1. The van der Waals surface area contributed by atoms with E-state index in [0.29, 0.717) is 39.1 Å². The molecule has 2 aliphatic rings. The van der Waals surface area contributed by atoms with E-state index in [1.165, 1.54) is 11.8 Å². The predicted molar refractivity (Wildman–Crippen MR) is 123 cm³/mol. The number of carbonyl (C=O) groups excluding carboxylic acids is 3. The summed E-state index contributed by atoms with van der Waals surface area (Å²) in [5.74, 6) is 0.220. The number of para-hydroxylation sites is 1. The van der Waals surface area contributed by atoms with Crippen LogP contribution in [0.25, 0.3) is 0 Å². The van der Waals surface area contributed by atoms with E-state index in [1.807, 2.05) is 55.5 Å². The van der Waals surface area contributed by atoms with Crippen molar-refractivity contribution in [3.05, 3.63) is 54.1 Å². The zero-order valence-corrected chi connectivity index (χ0v) is 18.8. The summed E-state index contributed by atoms with van der Waals surface area (Å²) in [4.78, 5) is 40.6. The minimum atomic E-state index is -0.782. The van der Waals surface area contributed by atoms with Crippen molar-refractivity contribution in [2.45, 2.75) is 36.5 Å². The smallest absolute Gasteiger partial charge is 0.247 e. The standard InChI is InChI=1S/C24H27N3O4S/c1-2-31-18-9-7-16(8-10-18)15-25-22(28)17-11-13-27(14-12-17)24(30)21-23(29)26-19-5-3-4-6-20(19)32-21/h3-10,17,21H,2,11-15H2,1H3,(H,25,28)(H,26,29). The second-order valence-corrected chi connectivity index (χ2v) is 9.02. The maximum absolute atomic E-state index is 13.0. The third-order valence-corrected chi connectivity index (χ3v) is 6.99. The van der Waals surface area contributed by atoms with Gasteiger partial charge in [0.1, 0.15) is 5.75 Å². The molecule has 1 atom stereocenters. The summed E-state index contributed by atoms with van der Waals surface area (Å²) in [6.45, 7) is 3.98. The average Bonchev–Trinajstić information content (AvgIpc) is 2.83. The largest absolute Gasteiger partial charge is 0.494 e. The van der Waals surface area contributed by atoms with Gasteiger partial charge in [0, 0.05) is 30.4 Å². The lowest BCUT2D eigenvalue weighted by atomic mass is 9.95. The molecule has 7 nitrogen and oxygen atoms in total. The van der Waals surface area contributed by atoms with Gasteiger partial charge < -0.3 is 20.3 Å². The molecule has 2 N–H and O–H groups in total. The molecule has 2 aliphatic heterocycles. The molecule has 0 bridgehead atoms. The second kappa shape index (κ2) is 10.1. The normalized spacial score (nSPS) is 18.5. The van der Waals surface area contributed by atoms with Gasteiger partial charge in [-0.2, -0.15) is 0 Å². The number of benzene rings is 2. The maximum atomic E-state index is 13.0. The third-order valence-electron chi connectivity index (χ3n) is 5.73. The highest BCUT2D eigenvalue weighted by atomic mass is 32.2. The number of rotatable bonds is 6. The number of ether oxygens (including phenoxy) is 1. The van der Waals surface area contributed by atoms with E-state index in [0.717, 1.165) is 21.9 Å². The molecule has 0 aromatic heterocycles. The lowest BCUT2D eigenvalue weighted by Crippen LogP contribution is -2.49. The van der Waals surface area contributed by atoms with Gasteiger partial charge in [-0.1, -0.05) is 24.3 Å². The van der Waals surface area contributed by atoms with Crippen molar-refractivity contribution in [1.29, 1.82) is 0 Å². The fraction of sp³-hybridized carbons (Fsp3) is 0.375. The van der Waals surface area contributed by atoms with E-state index in [4.69, 9.17) is 4.74 Å².